The highest BCUT2D eigenvalue weighted by molar-refractivity contribution is 6.05. The van der Waals surface area contributed by atoms with Crippen LogP contribution in [0.1, 0.15) is 60.7 Å². The van der Waals surface area contributed by atoms with Gasteiger partial charge in [0.15, 0.2) is 0 Å². The second-order valence-electron chi connectivity index (χ2n) is 17.8. The summed E-state index contributed by atoms with van der Waals surface area (Å²) < 4.78 is 70.6. The molecule has 2 aliphatic rings. The van der Waals surface area contributed by atoms with Crippen LogP contribution in [-0.2, 0) is 41.3 Å². The van der Waals surface area contributed by atoms with Crippen molar-refractivity contribution in [1.82, 2.24) is 29.6 Å². The number of rotatable bonds is 27. The molecule has 2 fully saturated rings. The smallest absolute Gasteiger partial charge is 0.433 e. The molecule has 20 nitrogen and oxygen atoms in total. The molecule has 0 spiro atoms. The number of piperidine rings is 1. The van der Waals surface area contributed by atoms with Crippen LogP contribution in [0.2, 0.25) is 0 Å². The molecule has 5 N–H and O–H groups in total. The molecule has 1 atom stereocenters. The maximum Gasteiger partial charge on any atom is 0.433 e. The van der Waals surface area contributed by atoms with Gasteiger partial charge in [0.25, 0.3) is 11.5 Å². The Labute approximate surface area is 419 Å². The zero-order chi connectivity index (χ0) is 51.6. The van der Waals surface area contributed by atoms with E-state index >= 15 is 0 Å². The lowest BCUT2D eigenvalue weighted by molar-refractivity contribution is -0.141. The largest absolute Gasteiger partial charge is 0.494 e. The number of hydrogen-bond donors (Lipinski definition) is 5. The Balaban J connectivity index is 0.676. The summed E-state index contributed by atoms with van der Waals surface area (Å²) >= 11 is 0. The van der Waals surface area contributed by atoms with Gasteiger partial charge in [-0.3, -0.25) is 28.8 Å². The number of anilines is 4. The molecule has 1 aromatic carbocycles. The number of carboxylic acids is 1. The van der Waals surface area contributed by atoms with Crippen LogP contribution < -0.4 is 36.5 Å². The van der Waals surface area contributed by atoms with Crippen molar-refractivity contribution >= 4 is 51.4 Å². The number of hydrogen-bond acceptors (Lipinski definition) is 15. The van der Waals surface area contributed by atoms with E-state index in [0.29, 0.717) is 101 Å². The Kier molecular flexibility index (Phi) is 19.9. The minimum absolute atomic E-state index is 0.195. The number of nitrogens with one attached hydrogen (secondary N) is 4. The second-order valence-corrected chi connectivity index (χ2v) is 17.8. The van der Waals surface area contributed by atoms with Crippen molar-refractivity contribution in [3.05, 3.63) is 95.1 Å². The highest BCUT2D eigenvalue weighted by Crippen LogP contribution is 2.35. The summed E-state index contributed by atoms with van der Waals surface area (Å²) in [5, 5.41) is 26.9. The fraction of sp³-hybridized carbons (Fsp3) is 0.500. The average Bonchev–Trinajstić information content (AvgIpc) is 3.81. The van der Waals surface area contributed by atoms with E-state index in [1.165, 1.54) is 31.5 Å². The first kappa shape index (κ1) is 54.1. The van der Waals surface area contributed by atoms with E-state index in [0.717, 1.165) is 85.2 Å². The van der Waals surface area contributed by atoms with Crippen molar-refractivity contribution in [3.8, 4) is 5.75 Å². The van der Waals surface area contributed by atoms with Crippen molar-refractivity contribution in [2.45, 2.75) is 57.3 Å². The molecule has 1 saturated carbocycles. The van der Waals surface area contributed by atoms with Crippen molar-refractivity contribution < 1.29 is 56.3 Å². The van der Waals surface area contributed by atoms with Gasteiger partial charge in [0, 0.05) is 56.1 Å². The van der Waals surface area contributed by atoms with Gasteiger partial charge >= 0.3 is 12.1 Å². The van der Waals surface area contributed by atoms with Crippen molar-refractivity contribution in [2.24, 2.45) is 11.8 Å². The van der Waals surface area contributed by atoms with Gasteiger partial charge in [-0.15, -0.1) is 0 Å². The first-order chi connectivity index (χ1) is 35.3. The van der Waals surface area contributed by atoms with Gasteiger partial charge in [0.2, 0.25) is 5.91 Å². The molecule has 1 aliphatic carbocycles. The molecule has 1 unspecified atom stereocenters. The molecule has 2 amide bonds. The van der Waals surface area contributed by atoms with E-state index in [9.17, 15) is 32.3 Å². The standard InChI is InChI=1S/C50H63F3N10O10/c1-69-44-26-42-36(24-43(44)59-49(68)41-5-2-6-45(58-41)50(51,52)53)31-63(60-42)39-10-7-34(8-11-39)27-54-13-16-70-18-20-72-22-23-73-21-19-71-17-14-56-38-25-40(29-55-28-38)61-15-3-4-35(30-61)48(67)57-37-9-12-46(64)62(32-37)33-47(65)66/h2,5-6,9,12,24-26,28-29,31-32,34-35,39,54,56H,3-4,7-8,10-11,13-23,27,30,33H2,1H3,(H,57,67)(H,59,68)(H,65,66). The zero-order valence-corrected chi connectivity index (χ0v) is 40.7. The number of alkyl halides is 3. The van der Waals surface area contributed by atoms with Crippen LogP contribution in [0.25, 0.3) is 10.9 Å². The third kappa shape index (κ3) is 16.4. The lowest BCUT2D eigenvalue weighted by Crippen LogP contribution is -2.41. The van der Waals surface area contributed by atoms with E-state index in [1.807, 2.05) is 16.9 Å². The van der Waals surface area contributed by atoms with E-state index < -0.39 is 35.9 Å². The normalized spacial score (nSPS) is 17.1. The average molecular weight is 1020 g/mol. The quantitative estimate of drug-likeness (QED) is 0.0397. The number of fused-ring (bicyclic) bond motifs is 1. The van der Waals surface area contributed by atoms with E-state index in [1.54, 1.807) is 24.5 Å². The molecular formula is C50H63F3N10O10. The maximum atomic E-state index is 13.2. The molecule has 394 valence electrons. The van der Waals surface area contributed by atoms with Gasteiger partial charge in [-0.2, -0.15) is 18.3 Å². The molecule has 23 heteroatoms. The number of aliphatic carboxylic acids is 1. The summed E-state index contributed by atoms with van der Waals surface area (Å²) in [6.07, 6.45) is 7.60. The Bertz CT molecular complexity index is 2660. The topological polar surface area (TPSA) is 235 Å². The molecule has 4 aromatic heterocycles. The molecular weight excluding hydrogens is 958 g/mol. The summed E-state index contributed by atoms with van der Waals surface area (Å²) in [6, 6.07) is 11.5. The number of nitrogens with zero attached hydrogens (tertiary/aromatic N) is 6. The fourth-order valence-electron chi connectivity index (χ4n) is 8.77. The number of carbonyl (C=O) groups excluding carboxylic acids is 2. The Morgan fingerprint density at radius 3 is 2.26 bits per heavy atom. The van der Waals surface area contributed by atoms with Crippen molar-refractivity contribution in [1.29, 1.82) is 0 Å². The van der Waals surface area contributed by atoms with Gasteiger partial charge in [-0.25, -0.2) is 4.98 Å². The Hall–Kier alpha value is -6.66. The van der Waals surface area contributed by atoms with Crippen molar-refractivity contribution in [2.75, 3.05) is 114 Å². The number of amides is 2. The van der Waals surface area contributed by atoms with Crippen molar-refractivity contribution in [3.63, 3.8) is 0 Å². The predicted octanol–water partition coefficient (Wildman–Crippen LogP) is 5.71. The molecule has 0 radical (unpaired) electrons. The van der Waals surface area contributed by atoms with Gasteiger partial charge in [0.1, 0.15) is 23.7 Å². The van der Waals surface area contributed by atoms with Crippen LogP contribution in [0.5, 0.6) is 5.75 Å². The van der Waals surface area contributed by atoms with Crippen LogP contribution in [-0.4, -0.2) is 140 Å². The van der Waals surface area contributed by atoms with E-state index in [2.05, 4.69) is 36.1 Å². The molecule has 1 aliphatic heterocycles. The number of pyridine rings is 3. The minimum Gasteiger partial charge on any atom is -0.494 e. The zero-order valence-electron chi connectivity index (χ0n) is 40.7. The lowest BCUT2D eigenvalue weighted by atomic mass is 9.86. The monoisotopic (exact) mass is 1020 g/mol. The van der Waals surface area contributed by atoms with Gasteiger partial charge < -0.3 is 59.5 Å². The molecule has 7 rings (SSSR count). The molecule has 5 aromatic rings. The summed E-state index contributed by atoms with van der Waals surface area (Å²) in [5.74, 6) is -1.56. The number of methoxy groups -OCH3 is 1. The summed E-state index contributed by atoms with van der Waals surface area (Å²) in [7, 11) is 1.45. The van der Waals surface area contributed by atoms with Gasteiger partial charge in [0.05, 0.1) is 113 Å². The number of ether oxygens (including phenoxy) is 5. The first-order valence-electron chi connectivity index (χ1n) is 24.4. The second kappa shape index (κ2) is 26.9. The summed E-state index contributed by atoms with van der Waals surface area (Å²) in [4.78, 5) is 59.0. The molecule has 73 heavy (non-hydrogen) atoms. The van der Waals surface area contributed by atoms with Gasteiger partial charge in [-0.05, 0) is 81.3 Å². The van der Waals surface area contributed by atoms with Crippen LogP contribution in [0.3, 0.4) is 0 Å². The third-order valence-electron chi connectivity index (χ3n) is 12.5. The third-order valence-corrected chi connectivity index (χ3v) is 12.5. The molecule has 5 heterocycles. The highest BCUT2D eigenvalue weighted by atomic mass is 19.4. The van der Waals surface area contributed by atoms with Crippen LogP contribution in [0.15, 0.2) is 78.1 Å². The lowest BCUT2D eigenvalue weighted by Gasteiger charge is -2.33. The maximum absolute atomic E-state index is 13.2. The van der Waals surface area contributed by atoms with Crippen LogP contribution in [0.4, 0.5) is 35.9 Å². The molecule has 0 bridgehead atoms. The number of halogens is 3. The Morgan fingerprint density at radius 1 is 0.822 bits per heavy atom. The number of carboxylic acid groups (broad SMARTS) is 1. The predicted molar refractivity (Wildman–Crippen MR) is 265 cm³/mol. The highest BCUT2D eigenvalue weighted by Gasteiger charge is 2.33. The summed E-state index contributed by atoms with van der Waals surface area (Å²) in [6.45, 7) is 6.77. The van der Waals surface area contributed by atoms with E-state index in [-0.39, 0.29) is 23.6 Å². The van der Waals surface area contributed by atoms with Crippen LogP contribution in [0, 0.1) is 11.8 Å². The fourth-order valence-corrected chi connectivity index (χ4v) is 8.77. The van der Waals surface area contributed by atoms with Crippen LogP contribution >= 0.6 is 0 Å². The number of benzene rings is 1. The summed E-state index contributed by atoms with van der Waals surface area (Å²) in [5.41, 5.74) is 1.11. The Morgan fingerprint density at radius 2 is 1.55 bits per heavy atom. The molecule has 1 saturated heterocycles. The van der Waals surface area contributed by atoms with E-state index in [4.69, 9.17) is 33.9 Å². The number of carbonyl (C=O) groups is 3. The number of aromatic nitrogens is 5. The van der Waals surface area contributed by atoms with Gasteiger partial charge in [-0.1, -0.05) is 6.07 Å². The SMILES string of the molecule is COc1cc2nn(C3CCC(CNCCOCCOCCOCCOCCNc4cncc(N5CCCC(C(=O)Nc6ccc(=O)n(CC(=O)O)c6)C5)c4)CC3)cc2cc1NC(=O)c1cccc(C(F)(F)F)n1. The first-order valence-corrected chi connectivity index (χ1v) is 24.4. The minimum atomic E-state index is -4.67.